The number of primary amides is 1. The van der Waals surface area contributed by atoms with Crippen LogP contribution in [0.3, 0.4) is 0 Å². The molecule has 0 aliphatic rings. The molecule has 0 aliphatic carbocycles. The van der Waals surface area contributed by atoms with Crippen molar-refractivity contribution in [1.82, 2.24) is 4.90 Å². The van der Waals surface area contributed by atoms with Crippen LogP contribution in [0.1, 0.15) is 18.9 Å². The Morgan fingerprint density at radius 1 is 1.71 bits per heavy atom. The van der Waals surface area contributed by atoms with Crippen LogP contribution in [0.25, 0.3) is 0 Å². The van der Waals surface area contributed by atoms with Crippen molar-refractivity contribution in [2.24, 2.45) is 5.73 Å². The lowest BCUT2D eigenvalue weighted by Gasteiger charge is -2.23. The first kappa shape index (κ1) is 10.8. The van der Waals surface area contributed by atoms with Crippen molar-refractivity contribution >= 4 is 5.91 Å². The normalized spacial score (nSPS) is 13.1. The van der Waals surface area contributed by atoms with Gasteiger partial charge in [0.05, 0.1) is 18.6 Å². The van der Waals surface area contributed by atoms with Crippen LogP contribution in [0.2, 0.25) is 0 Å². The van der Waals surface area contributed by atoms with Crippen LogP contribution in [0.5, 0.6) is 0 Å². The molecule has 1 rings (SSSR count). The minimum atomic E-state index is -0.279. The molecular formula is C10H16N2O2. The molecule has 0 saturated carbocycles. The van der Waals surface area contributed by atoms with Crippen LogP contribution in [-0.4, -0.2) is 23.9 Å². The van der Waals surface area contributed by atoms with Gasteiger partial charge in [-0.15, -0.1) is 0 Å². The highest BCUT2D eigenvalue weighted by Crippen LogP contribution is 2.08. The van der Waals surface area contributed by atoms with Crippen molar-refractivity contribution < 1.29 is 9.21 Å². The van der Waals surface area contributed by atoms with Crippen molar-refractivity contribution in [3.05, 3.63) is 24.2 Å². The van der Waals surface area contributed by atoms with Crippen molar-refractivity contribution in [2.45, 2.75) is 25.9 Å². The molecule has 0 saturated heterocycles. The molecule has 2 N–H and O–H groups in total. The van der Waals surface area contributed by atoms with E-state index in [4.69, 9.17) is 10.2 Å². The summed E-state index contributed by atoms with van der Waals surface area (Å²) in [4.78, 5) is 13.0. The fourth-order valence-electron chi connectivity index (χ4n) is 1.51. The van der Waals surface area contributed by atoms with E-state index in [9.17, 15) is 4.79 Å². The third-order valence-electron chi connectivity index (χ3n) is 2.26. The van der Waals surface area contributed by atoms with Crippen molar-refractivity contribution in [3.8, 4) is 0 Å². The highest BCUT2D eigenvalue weighted by atomic mass is 16.3. The number of carbonyl (C=O) groups is 1. The van der Waals surface area contributed by atoms with Gasteiger partial charge in [0.15, 0.2) is 0 Å². The van der Waals surface area contributed by atoms with Gasteiger partial charge in [0.25, 0.3) is 0 Å². The zero-order valence-electron chi connectivity index (χ0n) is 8.56. The van der Waals surface area contributed by atoms with E-state index in [2.05, 4.69) is 0 Å². The number of nitrogens with two attached hydrogens (primary N) is 1. The third-order valence-corrected chi connectivity index (χ3v) is 2.26. The van der Waals surface area contributed by atoms with Gasteiger partial charge >= 0.3 is 0 Å². The Labute approximate surface area is 83.7 Å². The highest BCUT2D eigenvalue weighted by molar-refractivity contribution is 5.79. The van der Waals surface area contributed by atoms with Gasteiger partial charge in [0.1, 0.15) is 0 Å². The van der Waals surface area contributed by atoms with Crippen molar-refractivity contribution in [2.75, 3.05) is 7.05 Å². The number of hydrogen-bond donors (Lipinski definition) is 1. The fraction of sp³-hybridized carbons (Fsp3) is 0.500. The Bertz CT molecular complexity index is 282. The zero-order valence-corrected chi connectivity index (χ0v) is 8.56. The average Bonchev–Trinajstić information content (AvgIpc) is 2.57. The van der Waals surface area contributed by atoms with Crippen LogP contribution in [0.4, 0.5) is 0 Å². The lowest BCUT2D eigenvalue weighted by atomic mass is 10.1. The first-order chi connectivity index (χ1) is 6.65. The minimum absolute atomic E-state index is 0.204. The molecule has 78 valence electrons. The maximum Gasteiger partial charge on any atom is 0.234 e. The molecule has 0 spiro atoms. The summed E-state index contributed by atoms with van der Waals surface area (Å²) in [7, 11) is 1.88. The number of nitrogens with zero attached hydrogens (tertiary/aromatic N) is 1. The second kappa shape index (κ2) is 4.81. The summed E-state index contributed by atoms with van der Waals surface area (Å²) in [5, 5.41) is 0. The van der Waals surface area contributed by atoms with E-state index in [1.165, 1.54) is 0 Å². The van der Waals surface area contributed by atoms with Gasteiger partial charge in [-0.1, -0.05) is 6.92 Å². The number of hydrogen-bond acceptors (Lipinski definition) is 3. The molecule has 1 aromatic heterocycles. The molecule has 0 radical (unpaired) electrons. The van der Waals surface area contributed by atoms with Crippen molar-refractivity contribution in [1.29, 1.82) is 0 Å². The molecule has 1 atom stereocenters. The highest BCUT2D eigenvalue weighted by Gasteiger charge is 2.18. The Morgan fingerprint density at radius 2 is 2.43 bits per heavy atom. The Morgan fingerprint density at radius 3 is 2.86 bits per heavy atom. The van der Waals surface area contributed by atoms with Crippen molar-refractivity contribution in [3.63, 3.8) is 0 Å². The topological polar surface area (TPSA) is 59.5 Å². The summed E-state index contributed by atoms with van der Waals surface area (Å²) in [5.74, 6) is -0.279. The predicted molar refractivity (Wildman–Crippen MR) is 53.4 cm³/mol. The first-order valence-electron chi connectivity index (χ1n) is 4.65. The SMILES string of the molecule is CCC(C(N)=O)N(C)Cc1ccoc1. The largest absolute Gasteiger partial charge is 0.472 e. The second-order valence-electron chi connectivity index (χ2n) is 3.37. The minimum Gasteiger partial charge on any atom is -0.472 e. The molecule has 4 nitrogen and oxygen atoms in total. The molecule has 1 unspecified atom stereocenters. The molecule has 1 aromatic rings. The van der Waals surface area contributed by atoms with Gasteiger partial charge in [0, 0.05) is 12.1 Å². The summed E-state index contributed by atoms with van der Waals surface area (Å²) in [5.41, 5.74) is 6.32. The van der Waals surface area contributed by atoms with E-state index >= 15 is 0 Å². The van der Waals surface area contributed by atoms with Crippen LogP contribution in [0.15, 0.2) is 23.0 Å². The van der Waals surface area contributed by atoms with E-state index in [0.717, 1.165) is 12.0 Å². The number of rotatable bonds is 5. The Hall–Kier alpha value is -1.29. The van der Waals surface area contributed by atoms with E-state index in [1.54, 1.807) is 12.5 Å². The number of amides is 1. The van der Waals surface area contributed by atoms with Gasteiger partial charge in [-0.2, -0.15) is 0 Å². The summed E-state index contributed by atoms with van der Waals surface area (Å²) in [6, 6.07) is 1.68. The quantitative estimate of drug-likeness (QED) is 0.763. The Balaban J connectivity index is 2.56. The zero-order chi connectivity index (χ0) is 10.6. The van der Waals surface area contributed by atoms with Crippen LogP contribution >= 0.6 is 0 Å². The molecule has 0 aromatic carbocycles. The first-order valence-corrected chi connectivity index (χ1v) is 4.65. The number of furan rings is 1. The Kier molecular flexibility index (Phi) is 3.71. The summed E-state index contributed by atoms with van der Waals surface area (Å²) < 4.78 is 4.95. The van der Waals surface area contributed by atoms with Gasteiger partial charge in [-0.05, 0) is 19.5 Å². The second-order valence-corrected chi connectivity index (χ2v) is 3.37. The van der Waals surface area contributed by atoms with Gasteiger partial charge in [-0.3, -0.25) is 9.69 Å². The van der Waals surface area contributed by atoms with Gasteiger partial charge < -0.3 is 10.2 Å². The molecule has 4 heteroatoms. The molecule has 0 fully saturated rings. The fourth-order valence-corrected chi connectivity index (χ4v) is 1.51. The maximum atomic E-state index is 11.1. The van der Waals surface area contributed by atoms with Gasteiger partial charge in [0.2, 0.25) is 5.91 Å². The summed E-state index contributed by atoms with van der Waals surface area (Å²) in [6.45, 7) is 2.62. The van der Waals surface area contributed by atoms with Gasteiger partial charge in [-0.25, -0.2) is 0 Å². The van der Waals surface area contributed by atoms with E-state index in [-0.39, 0.29) is 11.9 Å². The van der Waals surface area contributed by atoms with Crippen LogP contribution < -0.4 is 5.73 Å². The third kappa shape index (κ3) is 2.60. The molecule has 1 heterocycles. The molecular weight excluding hydrogens is 180 g/mol. The van der Waals surface area contributed by atoms with E-state index < -0.39 is 0 Å². The molecule has 14 heavy (non-hydrogen) atoms. The molecule has 1 amide bonds. The number of likely N-dealkylation sites (N-methyl/N-ethyl adjacent to an activating group) is 1. The number of carbonyl (C=O) groups excluding carboxylic acids is 1. The summed E-state index contributed by atoms with van der Waals surface area (Å²) in [6.07, 6.45) is 4.02. The van der Waals surface area contributed by atoms with Crippen LogP contribution in [0, 0.1) is 0 Å². The molecule has 0 bridgehead atoms. The average molecular weight is 196 g/mol. The lowest BCUT2D eigenvalue weighted by Crippen LogP contribution is -2.41. The van der Waals surface area contributed by atoms with E-state index in [1.807, 2.05) is 24.9 Å². The smallest absolute Gasteiger partial charge is 0.234 e. The maximum absolute atomic E-state index is 11.1. The monoisotopic (exact) mass is 196 g/mol. The predicted octanol–water partition coefficient (Wildman–Crippen LogP) is 0.975. The molecule has 0 aliphatic heterocycles. The lowest BCUT2D eigenvalue weighted by molar-refractivity contribution is -0.123. The standard InChI is InChI=1S/C10H16N2O2/c1-3-9(10(11)13)12(2)6-8-4-5-14-7-8/h4-5,7,9H,3,6H2,1-2H3,(H2,11,13). The van der Waals surface area contributed by atoms with E-state index in [0.29, 0.717) is 6.54 Å². The summed E-state index contributed by atoms with van der Waals surface area (Å²) >= 11 is 0. The van der Waals surface area contributed by atoms with Crippen LogP contribution in [-0.2, 0) is 11.3 Å².